The number of carbonyl (C=O) groups excluding carboxylic acids is 1. The third kappa shape index (κ3) is 2.82. The summed E-state index contributed by atoms with van der Waals surface area (Å²) in [6.07, 6.45) is 2.61. The molecular formula is C14H14Br2N2O. The van der Waals surface area contributed by atoms with Crippen LogP contribution in [0, 0.1) is 6.92 Å². The summed E-state index contributed by atoms with van der Waals surface area (Å²) in [6.45, 7) is 4.74. The van der Waals surface area contributed by atoms with E-state index in [1.54, 1.807) is 10.9 Å². The summed E-state index contributed by atoms with van der Waals surface area (Å²) in [5.41, 5.74) is 2.26. The molecule has 2 rings (SSSR count). The molecule has 1 aromatic heterocycles. The van der Waals surface area contributed by atoms with Crippen molar-refractivity contribution in [3.63, 3.8) is 0 Å². The molecule has 0 spiro atoms. The Hall–Kier alpha value is -0.940. The van der Waals surface area contributed by atoms with Gasteiger partial charge in [0.15, 0.2) is 0 Å². The highest BCUT2D eigenvalue weighted by molar-refractivity contribution is 9.10. The van der Waals surface area contributed by atoms with Crippen LogP contribution in [0.3, 0.4) is 0 Å². The largest absolute Gasteiger partial charge is 0.287 e. The highest BCUT2D eigenvalue weighted by Gasteiger charge is 2.20. The van der Waals surface area contributed by atoms with Crippen molar-refractivity contribution in [3.05, 3.63) is 50.2 Å². The normalized spacial score (nSPS) is 10.7. The molecule has 100 valence electrons. The fraction of sp³-hybridized carbons (Fsp3) is 0.286. The molecule has 1 aromatic carbocycles. The molecule has 19 heavy (non-hydrogen) atoms. The van der Waals surface area contributed by atoms with Crippen molar-refractivity contribution >= 4 is 37.6 Å². The number of halogens is 2. The first-order chi connectivity index (χ1) is 9.06. The van der Waals surface area contributed by atoms with Crippen molar-refractivity contribution in [1.29, 1.82) is 0 Å². The molecule has 0 unspecified atom stereocenters. The molecule has 0 bridgehead atoms. The van der Waals surface area contributed by atoms with Crippen molar-refractivity contribution in [3.8, 4) is 0 Å². The average Bonchev–Trinajstić information content (AvgIpc) is 2.74. The minimum absolute atomic E-state index is 0.00312. The van der Waals surface area contributed by atoms with Gasteiger partial charge in [0.25, 0.3) is 0 Å². The van der Waals surface area contributed by atoms with Crippen molar-refractivity contribution in [2.75, 3.05) is 0 Å². The minimum atomic E-state index is -0.00312. The van der Waals surface area contributed by atoms with Gasteiger partial charge in [-0.15, -0.1) is 0 Å². The van der Waals surface area contributed by atoms with E-state index < -0.39 is 0 Å². The summed E-state index contributed by atoms with van der Waals surface area (Å²) in [5, 5.41) is 4.24. The molecule has 0 amide bonds. The summed E-state index contributed by atoms with van der Waals surface area (Å²) >= 11 is 6.87. The first kappa shape index (κ1) is 14.5. The average molecular weight is 386 g/mol. The third-order valence-corrected chi connectivity index (χ3v) is 4.40. The zero-order valence-electron chi connectivity index (χ0n) is 10.8. The van der Waals surface area contributed by atoms with Gasteiger partial charge in [0, 0.05) is 16.6 Å². The Morgan fingerprint density at radius 3 is 2.74 bits per heavy atom. The Labute approximate surface area is 129 Å². The maximum atomic E-state index is 12.7. The molecular weight excluding hydrogens is 372 g/mol. The van der Waals surface area contributed by atoms with Crippen LogP contribution >= 0.6 is 31.9 Å². The van der Waals surface area contributed by atoms with Gasteiger partial charge >= 0.3 is 0 Å². The number of hydrogen-bond donors (Lipinski definition) is 0. The maximum Gasteiger partial charge on any atom is 0.212 e. The van der Waals surface area contributed by atoms with Crippen LogP contribution in [0.1, 0.15) is 35.0 Å². The number of aryl methyl sites for hydroxylation is 1. The Balaban J connectivity index is 2.50. The summed E-state index contributed by atoms with van der Waals surface area (Å²) in [5.74, 6) is -0.00312. The predicted molar refractivity (Wildman–Crippen MR) is 82.5 cm³/mol. The Kier molecular flexibility index (Phi) is 4.58. The molecule has 0 aliphatic carbocycles. The first-order valence-electron chi connectivity index (χ1n) is 6.07. The summed E-state index contributed by atoms with van der Waals surface area (Å²) < 4.78 is 3.44. The van der Waals surface area contributed by atoms with Crippen molar-refractivity contribution in [2.24, 2.45) is 0 Å². The van der Waals surface area contributed by atoms with Gasteiger partial charge in [-0.3, -0.25) is 9.48 Å². The van der Waals surface area contributed by atoms with E-state index in [9.17, 15) is 4.79 Å². The third-order valence-electron chi connectivity index (χ3n) is 2.96. The zero-order valence-corrected chi connectivity index (χ0v) is 14.0. The van der Waals surface area contributed by atoms with Gasteiger partial charge in [0.05, 0.1) is 10.7 Å². The maximum absolute atomic E-state index is 12.7. The Bertz CT molecular complexity index is 620. The summed E-state index contributed by atoms with van der Waals surface area (Å²) in [6, 6.07) is 5.65. The first-order valence-corrected chi connectivity index (χ1v) is 7.66. The lowest BCUT2D eigenvalue weighted by atomic mass is 10.0. The molecule has 0 fully saturated rings. The molecule has 0 aliphatic rings. The Morgan fingerprint density at radius 1 is 1.32 bits per heavy atom. The number of rotatable bonds is 4. The second kappa shape index (κ2) is 6.01. The number of benzene rings is 1. The highest BCUT2D eigenvalue weighted by atomic mass is 79.9. The van der Waals surface area contributed by atoms with Crippen molar-refractivity contribution < 1.29 is 4.79 Å². The minimum Gasteiger partial charge on any atom is -0.287 e. The molecule has 0 saturated heterocycles. The van der Waals surface area contributed by atoms with E-state index in [0.29, 0.717) is 11.3 Å². The van der Waals surface area contributed by atoms with Crippen LogP contribution in [-0.4, -0.2) is 15.6 Å². The molecule has 0 atom stereocenters. The van der Waals surface area contributed by atoms with Crippen LogP contribution in [-0.2, 0) is 6.54 Å². The van der Waals surface area contributed by atoms with Crippen LogP contribution in [0.2, 0.25) is 0 Å². The van der Waals surface area contributed by atoms with Gasteiger partial charge in [0.2, 0.25) is 5.78 Å². The van der Waals surface area contributed by atoms with E-state index in [4.69, 9.17) is 0 Å². The molecule has 1 heterocycles. The van der Waals surface area contributed by atoms with Gasteiger partial charge in [-0.1, -0.05) is 35.0 Å². The molecule has 0 N–H and O–H groups in total. The van der Waals surface area contributed by atoms with Crippen LogP contribution in [0.25, 0.3) is 0 Å². The fourth-order valence-corrected chi connectivity index (χ4v) is 2.79. The summed E-state index contributed by atoms with van der Waals surface area (Å²) in [4.78, 5) is 12.7. The van der Waals surface area contributed by atoms with E-state index in [0.717, 1.165) is 27.5 Å². The van der Waals surface area contributed by atoms with E-state index in [-0.39, 0.29) is 5.78 Å². The standard InChI is InChI=1S/C14H14Br2N2O/c1-3-7-18-13(12(16)8-17-18)14(19)10-5-4-6-11(15)9(10)2/h4-6,8H,3,7H2,1-2H3. The number of carbonyl (C=O) groups is 1. The molecule has 0 radical (unpaired) electrons. The van der Waals surface area contributed by atoms with E-state index in [1.165, 1.54) is 0 Å². The number of nitrogens with zero attached hydrogens (tertiary/aromatic N) is 2. The van der Waals surface area contributed by atoms with Gasteiger partial charge in [-0.25, -0.2) is 0 Å². The molecule has 2 aromatic rings. The number of aromatic nitrogens is 2. The topological polar surface area (TPSA) is 34.9 Å². The molecule has 0 saturated carbocycles. The smallest absolute Gasteiger partial charge is 0.212 e. The quantitative estimate of drug-likeness (QED) is 0.733. The van der Waals surface area contributed by atoms with Gasteiger partial charge < -0.3 is 0 Å². The van der Waals surface area contributed by atoms with Gasteiger partial charge in [0.1, 0.15) is 5.69 Å². The van der Waals surface area contributed by atoms with Crippen LogP contribution in [0.15, 0.2) is 33.3 Å². The van der Waals surface area contributed by atoms with Crippen molar-refractivity contribution in [2.45, 2.75) is 26.8 Å². The predicted octanol–water partition coefficient (Wildman–Crippen LogP) is 4.36. The SMILES string of the molecule is CCCn1ncc(Br)c1C(=O)c1cccc(Br)c1C. The number of hydrogen-bond acceptors (Lipinski definition) is 2. The Morgan fingerprint density at radius 2 is 2.05 bits per heavy atom. The van der Waals surface area contributed by atoms with Gasteiger partial charge in [-0.2, -0.15) is 5.10 Å². The summed E-state index contributed by atoms with van der Waals surface area (Å²) in [7, 11) is 0. The van der Waals surface area contributed by atoms with E-state index in [2.05, 4.69) is 43.9 Å². The van der Waals surface area contributed by atoms with Crippen LogP contribution < -0.4 is 0 Å². The molecule has 3 nitrogen and oxygen atoms in total. The van der Waals surface area contributed by atoms with E-state index in [1.807, 2.05) is 25.1 Å². The fourth-order valence-electron chi connectivity index (χ4n) is 1.95. The molecule has 5 heteroatoms. The van der Waals surface area contributed by atoms with E-state index >= 15 is 0 Å². The zero-order chi connectivity index (χ0) is 14.0. The highest BCUT2D eigenvalue weighted by Crippen LogP contribution is 2.25. The monoisotopic (exact) mass is 384 g/mol. The number of ketones is 1. The lowest BCUT2D eigenvalue weighted by Crippen LogP contribution is -2.13. The lowest BCUT2D eigenvalue weighted by Gasteiger charge is -2.09. The van der Waals surface area contributed by atoms with Crippen LogP contribution in [0.5, 0.6) is 0 Å². The molecule has 0 aliphatic heterocycles. The lowest BCUT2D eigenvalue weighted by molar-refractivity contribution is 0.102. The van der Waals surface area contributed by atoms with Crippen molar-refractivity contribution in [1.82, 2.24) is 9.78 Å². The van der Waals surface area contributed by atoms with Crippen LogP contribution in [0.4, 0.5) is 0 Å². The second-order valence-electron chi connectivity index (χ2n) is 4.31. The second-order valence-corrected chi connectivity index (χ2v) is 6.01. The van der Waals surface area contributed by atoms with Gasteiger partial charge in [-0.05, 0) is 40.9 Å².